The van der Waals surface area contributed by atoms with Crippen LogP contribution in [0.2, 0.25) is 5.02 Å². The Balaban J connectivity index is 1.43. The first-order valence-corrected chi connectivity index (χ1v) is 11.7. The number of rotatable bonds is 6. The van der Waals surface area contributed by atoms with E-state index in [-0.39, 0.29) is 11.7 Å². The third-order valence-electron chi connectivity index (χ3n) is 6.05. The second kappa shape index (κ2) is 9.75. The molecule has 1 N–H and O–H groups in total. The lowest BCUT2D eigenvalue weighted by atomic mass is 10.2. The average molecular weight is 476 g/mol. The normalized spacial score (nSPS) is 13.8. The van der Waals surface area contributed by atoms with Gasteiger partial charge < -0.3 is 19.2 Å². The van der Waals surface area contributed by atoms with E-state index in [0.29, 0.717) is 17.3 Å². The van der Waals surface area contributed by atoms with E-state index in [4.69, 9.17) is 16.0 Å². The first-order valence-electron chi connectivity index (χ1n) is 11.3. The summed E-state index contributed by atoms with van der Waals surface area (Å²) in [6, 6.07) is 19.0. The Labute approximate surface area is 203 Å². The third-order valence-corrected chi connectivity index (χ3v) is 6.31. The zero-order chi connectivity index (χ0) is 23.5. The number of furan rings is 1. The fourth-order valence-corrected chi connectivity index (χ4v) is 4.22. The van der Waals surface area contributed by atoms with Crippen LogP contribution in [-0.2, 0) is 13.6 Å². The van der Waals surface area contributed by atoms with Gasteiger partial charge >= 0.3 is 0 Å². The number of imidazole rings is 1. The fraction of sp³-hybridized carbons (Fsp3) is 0.231. The molecule has 0 unspecified atom stereocenters. The summed E-state index contributed by atoms with van der Waals surface area (Å²) >= 11 is 6.00. The lowest BCUT2D eigenvalue weighted by molar-refractivity contribution is 0.0958. The van der Waals surface area contributed by atoms with Crippen molar-refractivity contribution in [3.8, 4) is 11.3 Å². The van der Waals surface area contributed by atoms with Crippen molar-refractivity contribution in [1.82, 2.24) is 14.9 Å². The zero-order valence-electron chi connectivity index (χ0n) is 18.9. The molecule has 0 bridgehead atoms. The molecule has 7 nitrogen and oxygen atoms in total. The van der Waals surface area contributed by atoms with Crippen LogP contribution in [0.3, 0.4) is 0 Å². The standard InChI is InChI=1S/C26H26ClN5O2/c1-30-15-14-29-25(30)18-32(22-8-6-21(7-9-22)31-16-12-28-13-17-31)26(33)24-11-10-23(34-24)19-2-4-20(27)5-3-19/h2-11,14-15,28H,12-13,16-18H2,1H3. The maximum absolute atomic E-state index is 13.6. The van der Waals surface area contributed by atoms with Crippen LogP contribution in [0.25, 0.3) is 11.3 Å². The highest BCUT2D eigenvalue weighted by Gasteiger charge is 2.23. The molecule has 34 heavy (non-hydrogen) atoms. The summed E-state index contributed by atoms with van der Waals surface area (Å²) < 4.78 is 7.88. The summed E-state index contributed by atoms with van der Waals surface area (Å²) in [7, 11) is 1.92. The van der Waals surface area contributed by atoms with Gasteiger partial charge in [0, 0.05) is 67.6 Å². The van der Waals surface area contributed by atoms with Crippen molar-refractivity contribution in [2.24, 2.45) is 7.05 Å². The Bertz CT molecular complexity index is 1260. The zero-order valence-corrected chi connectivity index (χ0v) is 19.7. The first kappa shape index (κ1) is 22.3. The molecule has 0 aliphatic carbocycles. The molecule has 174 valence electrons. The SMILES string of the molecule is Cn1ccnc1CN(C(=O)c1ccc(-c2ccc(Cl)cc2)o1)c1ccc(N2CCNCC2)cc1. The smallest absolute Gasteiger partial charge is 0.294 e. The minimum Gasteiger partial charge on any atom is -0.451 e. The molecule has 8 heteroatoms. The van der Waals surface area contributed by atoms with Crippen molar-refractivity contribution >= 4 is 28.9 Å². The van der Waals surface area contributed by atoms with Gasteiger partial charge in [0.2, 0.25) is 0 Å². The molecule has 2 aromatic carbocycles. The minimum absolute atomic E-state index is 0.224. The molecule has 1 aliphatic heterocycles. The molecular formula is C26H26ClN5O2. The van der Waals surface area contributed by atoms with Gasteiger partial charge in [-0.25, -0.2) is 4.98 Å². The van der Waals surface area contributed by atoms with Gasteiger partial charge in [-0.2, -0.15) is 0 Å². The van der Waals surface area contributed by atoms with Gasteiger partial charge in [-0.1, -0.05) is 11.6 Å². The van der Waals surface area contributed by atoms with Gasteiger partial charge in [0.05, 0.1) is 6.54 Å². The number of aryl methyl sites for hydroxylation is 1. The summed E-state index contributed by atoms with van der Waals surface area (Å²) in [5.74, 6) is 1.44. The summed E-state index contributed by atoms with van der Waals surface area (Å²) in [5, 5.41) is 4.02. The maximum Gasteiger partial charge on any atom is 0.294 e. The summed E-state index contributed by atoms with van der Waals surface area (Å²) in [6.07, 6.45) is 3.61. The van der Waals surface area contributed by atoms with Crippen LogP contribution in [0, 0.1) is 0 Å². The molecule has 1 saturated heterocycles. The van der Waals surface area contributed by atoms with E-state index in [1.807, 2.05) is 48.1 Å². The number of nitrogens with zero attached hydrogens (tertiary/aromatic N) is 4. The van der Waals surface area contributed by atoms with Gasteiger partial charge in [-0.3, -0.25) is 9.69 Å². The topological polar surface area (TPSA) is 66.5 Å². The van der Waals surface area contributed by atoms with Crippen molar-refractivity contribution in [2.75, 3.05) is 36.0 Å². The number of anilines is 2. The number of halogens is 1. The molecule has 1 amide bonds. The number of benzene rings is 2. The lowest BCUT2D eigenvalue weighted by Gasteiger charge is -2.30. The lowest BCUT2D eigenvalue weighted by Crippen LogP contribution is -2.43. The van der Waals surface area contributed by atoms with Gasteiger partial charge in [-0.05, 0) is 60.7 Å². The third kappa shape index (κ3) is 4.71. The number of aromatic nitrogens is 2. The second-order valence-corrected chi connectivity index (χ2v) is 8.71. The quantitative estimate of drug-likeness (QED) is 0.442. The highest BCUT2D eigenvalue weighted by atomic mass is 35.5. The van der Waals surface area contributed by atoms with Crippen molar-refractivity contribution in [1.29, 1.82) is 0 Å². The number of piperazine rings is 1. The van der Waals surface area contributed by atoms with Crippen molar-refractivity contribution in [2.45, 2.75) is 6.54 Å². The molecule has 3 heterocycles. The van der Waals surface area contributed by atoms with E-state index in [9.17, 15) is 4.79 Å². The van der Waals surface area contributed by atoms with E-state index in [0.717, 1.165) is 48.9 Å². The van der Waals surface area contributed by atoms with E-state index in [2.05, 4.69) is 27.3 Å². The van der Waals surface area contributed by atoms with Crippen LogP contribution < -0.4 is 15.1 Å². The van der Waals surface area contributed by atoms with Gasteiger partial charge in [0.15, 0.2) is 5.76 Å². The molecule has 4 aromatic rings. The van der Waals surface area contributed by atoms with Crippen LogP contribution in [0.4, 0.5) is 11.4 Å². The van der Waals surface area contributed by atoms with Crippen molar-refractivity contribution < 1.29 is 9.21 Å². The molecule has 2 aromatic heterocycles. The molecule has 0 atom stereocenters. The first-order chi connectivity index (χ1) is 16.6. The van der Waals surface area contributed by atoms with Crippen LogP contribution in [-0.4, -0.2) is 41.6 Å². The molecule has 1 fully saturated rings. The Hall–Kier alpha value is -3.55. The van der Waals surface area contributed by atoms with E-state index < -0.39 is 0 Å². The maximum atomic E-state index is 13.6. The summed E-state index contributed by atoms with van der Waals surface area (Å²) in [4.78, 5) is 22.1. The predicted octanol–water partition coefficient (Wildman–Crippen LogP) is 4.59. The van der Waals surface area contributed by atoms with E-state index in [1.54, 1.807) is 29.3 Å². The van der Waals surface area contributed by atoms with Crippen molar-refractivity contribution in [3.63, 3.8) is 0 Å². The largest absolute Gasteiger partial charge is 0.451 e. The monoisotopic (exact) mass is 475 g/mol. The molecular weight excluding hydrogens is 450 g/mol. The second-order valence-electron chi connectivity index (χ2n) is 8.27. The van der Waals surface area contributed by atoms with Crippen LogP contribution in [0.5, 0.6) is 0 Å². The number of nitrogens with one attached hydrogen (secondary N) is 1. The molecule has 0 spiro atoms. The van der Waals surface area contributed by atoms with E-state index >= 15 is 0 Å². The highest BCUT2D eigenvalue weighted by molar-refractivity contribution is 6.30. The van der Waals surface area contributed by atoms with Gasteiger partial charge in [-0.15, -0.1) is 0 Å². The predicted molar refractivity (Wildman–Crippen MR) is 134 cm³/mol. The van der Waals surface area contributed by atoms with Gasteiger partial charge in [0.1, 0.15) is 11.6 Å². The Kier molecular flexibility index (Phi) is 6.38. The minimum atomic E-state index is -0.224. The highest BCUT2D eigenvalue weighted by Crippen LogP contribution is 2.28. The average Bonchev–Trinajstić information content (AvgIpc) is 3.53. The Morgan fingerprint density at radius 2 is 1.79 bits per heavy atom. The van der Waals surface area contributed by atoms with Crippen LogP contribution in [0.15, 0.2) is 77.5 Å². The number of hydrogen-bond donors (Lipinski definition) is 1. The Morgan fingerprint density at radius 3 is 2.47 bits per heavy atom. The number of carbonyl (C=O) groups excluding carboxylic acids is 1. The number of hydrogen-bond acceptors (Lipinski definition) is 5. The summed E-state index contributed by atoms with van der Waals surface area (Å²) in [6.45, 7) is 4.20. The van der Waals surface area contributed by atoms with Crippen LogP contribution >= 0.6 is 11.6 Å². The summed E-state index contributed by atoms with van der Waals surface area (Å²) in [5.41, 5.74) is 2.80. The molecule has 1 aliphatic rings. The van der Waals surface area contributed by atoms with Crippen LogP contribution in [0.1, 0.15) is 16.4 Å². The fourth-order valence-electron chi connectivity index (χ4n) is 4.09. The van der Waals surface area contributed by atoms with Crippen molar-refractivity contribution in [3.05, 3.63) is 89.7 Å². The molecule has 0 saturated carbocycles. The van der Waals surface area contributed by atoms with Gasteiger partial charge in [0.25, 0.3) is 5.91 Å². The molecule has 5 rings (SSSR count). The Morgan fingerprint density at radius 1 is 1.06 bits per heavy atom. The molecule has 0 radical (unpaired) electrons. The number of amides is 1. The van der Waals surface area contributed by atoms with E-state index in [1.165, 1.54) is 0 Å². The number of carbonyl (C=O) groups is 1.